The molecule has 0 atom stereocenters. The highest BCUT2D eigenvalue weighted by Gasteiger charge is 2.16. The van der Waals surface area contributed by atoms with E-state index in [1.807, 2.05) is 7.05 Å². The van der Waals surface area contributed by atoms with Gasteiger partial charge in [-0.15, -0.1) is 0 Å². The average molecular weight is 89.1 g/mol. The van der Waals surface area contributed by atoms with Gasteiger partial charge in [-0.1, -0.05) is 0 Å². The summed E-state index contributed by atoms with van der Waals surface area (Å²) in [7, 11) is 2.44. The zero-order valence-corrected chi connectivity index (χ0v) is 4.26. The fourth-order valence-electron chi connectivity index (χ4n) is 0.274. The van der Waals surface area contributed by atoms with Gasteiger partial charge in [0.15, 0.2) is 0 Å². The summed E-state index contributed by atoms with van der Waals surface area (Å²) in [6.07, 6.45) is 2.93. The quantitative estimate of drug-likeness (QED) is 0.464. The summed E-state index contributed by atoms with van der Waals surface area (Å²) < 4.78 is 0. The summed E-state index contributed by atoms with van der Waals surface area (Å²) in [5.74, 6) is 0. The van der Waals surface area contributed by atoms with Gasteiger partial charge in [-0.05, 0) is 27.4 Å². The fraction of sp³-hybridized carbons (Fsp3) is 1.00. The highest BCUT2D eigenvalue weighted by atomic mass is 31.1. The topological polar surface area (TPSA) is 12.0 Å². The van der Waals surface area contributed by atoms with Crippen LogP contribution in [0.1, 0.15) is 0 Å². The summed E-state index contributed by atoms with van der Waals surface area (Å²) >= 11 is 0. The molecule has 1 rings (SSSR count). The minimum absolute atomic E-state index is 0.402. The summed E-state index contributed by atoms with van der Waals surface area (Å²) in [5.41, 5.74) is 0. The summed E-state index contributed by atoms with van der Waals surface area (Å²) in [5, 5.41) is 3.20. The monoisotopic (exact) mass is 89.0 g/mol. The van der Waals surface area contributed by atoms with Crippen molar-refractivity contribution in [1.29, 1.82) is 0 Å². The molecule has 1 saturated heterocycles. The third-order valence-electron chi connectivity index (χ3n) is 0.763. The highest BCUT2D eigenvalue weighted by molar-refractivity contribution is 7.63. The normalized spacial score (nSPS) is 23.4. The fourth-order valence-corrected chi connectivity index (χ4v) is 1.12. The van der Waals surface area contributed by atoms with E-state index in [9.17, 15) is 0 Å². The van der Waals surface area contributed by atoms with E-state index in [-0.39, 0.29) is 0 Å². The van der Waals surface area contributed by atoms with Gasteiger partial charge in [0.25, 0.3) is 0 Å². The molecule has 0 bridgehead atoms. The lowest BCUT2D eigenvalue weighted by Gasteiger charge is -1.81. The lowest BCUT2D eigenvalue weighted by molar-refractivity contribution is 1.28. The van der Waals surface area contributed by atoms with Crippen LogP contribution in [0, 0.1) is 0 Å². The molecule has 1 aliphatic rings. The van der Waals surface area contributed by atoms with E-state index in [1.165, 1.54) is 12.3 Å². The molecule has 30 valence electrons. The van der Waals surface area contributed by atoms with Crippen molar-refractivity contribution in [3.8, 4) is 0 Å². The van der Waals surface area contributed by atoms with Crippen LogP contribution in [0.4, 0.5) is 0 Å². The number of nitrogens with one attached hydrogen (secondary N) is 1. The Kier molecular flexibility index (Phi) is 0.884. The van der Waals surface area contributed by atoms with Crippen LogP contribution in [-0.4, -0.2) is 19.4 Å². The second-order valence-electron chi connectivity index (χ2n) is 1.21. The molecule has 1 fully saturated rings. The van der Waals surface area contributed by atoms with Gasteiger partial charge in [-0.25, -0.2) is 0 Å². The molecule has 1 nitrogen and oxygen atoms in total. The molecular weight excluding hydrogens is 81.0 g/mol. The number of hydrogen-bond donors (Lipinski definition) is 1. The molecule has 0 aromatic rings. The zero-order chi connectivity index (χ0) is 3.70. The van der Waals surface area contributed by atoms with E-state index in [0.717, 1.165) is 0 Å². The van der Waals surface area contributed by atoms with Crippen molar-refractivity contribution in [2.75, 3.05) is 19.4 Å². The molecule has 0 radical (unpaired) electrons. The van der Waals surface area contributed by atoms with Crippen LogP contribution >= 0.6 is 8.07 Å². The molecule has 1 N–H and O–H groups in total. The predicted octanol–water partition coefficient (Wildman–Crippen LogP) is 0.616. The maximum absolute atomic E-state index is 3.20. The van der Waals surface area contributed by atoms with Gasteiger partial charge in [-0.2, -0.15) is 0 Å². The van der Waals surface area contributed by atoms with Gasteiger partial charge in [0.1, 0.15) is 0 Å². The Morgan fingerprint density at radius 1 is 1.60 bits per heavy atom. The van der Waals surface area contributed by atoms with Crippen LogP contribution in [0.2, 0.25) is 0 Å². The zero-order valence-electron chi connectivity index (χ0n) is 3.36. The van der Waals surface area contributed by atoms with E-state index in [0.29, 0.717) is 8.07 Å². The largest absolute Gasteiger partial charge is 0.299 e. The molecule has 0 amide bonds. The van der Waals surface area contributed by atoms with Gasteiger partial charge >= 0.3 is 0 Å². The highest BCUT2D eigenvalue weighted by Crippen LogP contribution is 2.44. The Morgan fingerprint density at radius 2 is 2.20 bits per heavy atom. The third kappa shape index (κ3) is 0.863. The maximum atomic E-state index is 3.20. The minimum Gasteiger partial charge on any atom is -0.299 e. The van der Waals surface area contributed by atoms with Crippen LogP contribution in [0.25, 0.3) is 0 Å². The predicted molar refractivity (Wildman–Crippen MR) is 25.7 cm³/mol. The summed E-state index contributed by atoms with van der Waals surface area (Å²) in [6.45, 7) is 0. The SMILES string of the molecule is CNP1CC1. The molecule has 0 aliphatic carbocycles. The maximum Gasteiger partial charge on any atom is -0.0125 e. The van der Waals surface area contributed by atoms with E-state index >= 15 is 0 Å². The lowest BCUT2D eigenvalue weighted by Crippen LogP contribution is -1.84. The first-order chi connectivity index (χ1) is 2.43. The standard InChI is InChI=1S/C3H8NP/c1-4-5-2-3-5/h4H,2-3H2,1H3. The Labute approximate surface area is 33.6 Å². The smallest absolute Gasteiger partial charge is 0.0125 e. The van der Waals surface area contributed by atoms with Crippen molar-refractivity contribution in [1.82, 2.24) is 5.09 Å². The molecule has 0 saturated carbocycles. The van der Waals surface area contributed by atoms with Crippen molar-refractivity contribution in [3.05, 3.63) is 0 Å². The first-order valence-corrected chi connectivity index (χ1v) is 3.57. The van der Waals surface area contributed by atoms with Crippen LogP contribution in [0.5, 0.6) is 0 Å². The van der Waals surface area contributed by atoms with Gasteiger partial charge < -0.3 is 0 Å². The number of hydrogen-bond acceptors (Lipinski definition) is 1. The van der Waals surface area contributed by atoms with Crippen molar-refractivity contribution in [2.24, 2.45) is 0 Å². The average Bonchev–Trinajstić information content (AvgIpc) is 2.12. The van der Waals surface area contributed by atoms with E-state index in [1.54, 1.807) is 0 Å². The first-order valence-electron chi connectivity index (χ1n) is 1.86. The van der Waals surface area contributed by atoms with Crippen LogP contribution in [0.3, 0.4) is 0 Å². The number of rotatable bonds is 1. The van der Waals surface area contributed by atoms with Crippen molar-refractivity contribution < 1.29 is 0 Å². The van der Waals surface area contributed by atoms with Crippen LogP contribution in [-0.2, 0) is 0 Å². The minimum atomic E-state index is 0.402. The summed E-state index contributed by atoms with van der Waals surface area (Å²) in [6, 6.07) is 0. The Hall–Kier alpha value is 0.390. The van der Waals surface area contributed by atoms with Crippen molar-refractivity contribution >= 4 is 8.07 Å². The van der Waals surface area contributed by atoms with Crippen LogP contribution < -0.4 is 5.09 Å². The lowest BCUT2D eigenvalue weighted by atomic mass is 11.0. The second kappa shape index (κ2) is 1.24. The molecule has 1 heterocycles. The molecule has 0 aromatic carbocycles. The molecule has 0 unspecified atom stereocenters. The molecule has 2 heteroatoms. The van der Waals surface area contributed by atoms with Gasteiger partial charge in [-0.3, -0.25) is 5.09 Å². The second-order valence-corrected chi connectivity index (χ2v) is 3.63. The third-order valence-corrected chi connectivity index (χ3v) is 2.29. The Morgan fingerprint density at radius 3 is 2.20 bits per heavy atom. The van der Waals surface area contributed by atoms with Gasteiger partial charge in [0.2, 0.25) is 0 Å². The van der Waals surface area contributed by atoms with Gasteiger partial charge in [0.05, 0.1) is 0 Å². The molecule has 0 aromatic heterocycles. The summed E-state index contributed by atoms with van der Waals surface area (Å²) in [4.78, 5) is 0. The molecular formula is C3H8NP. The Bertz CT molecular complexity index is 33.9. The van der Waals surface area contributed by atoms with E-state index in [2.05, 4.69) is 5.09 Å². The van der Waals surface area contributed by atoms with Crippen molar-refractivity contribution in [3.63, 3.8) is 0 Å². The van der Waals surface area contributed by atoms with E-state index in [4.69, 9.17) is 0 Å². The molecule has 5 heavy (non-hydrogen) atoms. The van der Waals surface area contributed by atoms with Crippen molar-refractivity contribution in [2.45, 2.75) is 0 Å². The first kappa shape index (κ1) is 3.58. The molecule has 0 spiro atoms. The Balaban J connectivity index is 2.00. The van der Waals surface area contributed by atoms with Crippen LogP contribution in [0.15, 0.2) is 0 Å². The van der Waals surface area contributed by atoms with Gasteiger partial charge in [0, 0.05) is 0 Å². The van der Waals surface area contributed by atoms with E-state index < -0.39 is 0 Å². The molecule has 1 aliphatic heterocycles.